The summed E-state index contributed by atoms with van der Waals surface area (Å²) in [7, 11) is 3.22. The van der Waals surface area contributed by atoms with Crippen molar-refractivity contribution in [3.8, 4) is 39.6 Å². The van der Waals surface area contributed by atoms with Crippen molar-refractivity contribution in [1.82, 2.24) is 15.1 Å². The Hall–Kier alpha value is -4.59. The molecule has 3 aromatic carbocycles. The number of hydrogen-bond acceptors (Lipinski definition) is 7. The summed E-state index contributed by atoms with van der Waals surface area (Å²) in [6.45, 7) is 2.59. The predicted molar refractivity (Wildman–Crippen MR) is 147 cm³/mol. The fourth-order valence-corrected chi connectivity index (χ4v) is 4.44. The number of nitrogens with zero attached hydrogens (tertiary/aromatic N) is 4. The van der Waals surface area contributed by atoms with Gasteiger partial charge in [0.05, 0.1) is 19.9 Å². The van der Waals surface area contributed by atoms with Gasteiger partial charge in [-0.15, -0.1) is 10.2 Å². The van der Waals surface area contributed by atoms with Crippen LogP contribution in [-0.4, -0.2) is 68.0 Å². The van der Waals surface area contributed by atoms with E-state index in [0.717, 1.165) is 28.2 Å². The van der Waals surface area contributed by atoms with E-state index in [4.69, 9.17) is 14.2 Å². The molecule has 1 amide bonds. The van der Waals surface area contributed by atoms with Gasteiger partial charge in [-0.3, -0.25) is 4.79 Å². The van der Waals surface area contributed by atoms with Gasteiger partial charge in [0.15, 0.2) is 23.9 Å². The average Bonchev–Trinajstić information content (AvgIpc) is 3.00. The molecule has 194 valence electrons. The van der Waals surface area contributed by atoms with Gasteiger partial charge < -0.3 is 24.0 Å². The zero-order valence-electron chi connectivity index (χ0n) is 21.5. The summed E-state index contributed by atoms with van der Waals surface area (Å²) in [6, 6.07) is 27.5. The first-order chi connectivity index (χ1) is 18.6. The molecule has 1 saturated heterocycles. The Kier molecular flexibility index (Phi) is 7.68. The van der Waals surface area contributed by atoms with Crippen LogP contribution >= 0.6 is 0 Å². The molecule has 0 N–H and O–H groups in total. The zero-order valence-corrected chi connectivity index (χ0v) is 21.5. The third-order valence-corrected chi connectivity index (χ3v) is 6.61. The van der Waals surface area contributed by atoms with Crippen LogP contribution in [0.15, 0.2) is 84.9 Å². The summed E-state index contributed by atoms with van der Waals surface area (Å²) in [5, 5.41) is 8.84. The van der Waals surface area contributed by atoms with Crippen molar-refractivity contribution in [2.45, 2.75) is 0 Å². The van der Waals surface area contributed by atoms with Crippen LogP contribution in [0.1, 0.15) is 0 Å². The van der Waals surface area contributed by atoms with Gasteiger partial charge in [-0.25, -0.2) is 0 Å². The maximum atomic E-state index is 12.7. The number of carbonyl (C=O) groups is 1. The standard InChI is InChI=1S/C30H30N4O4/c1-36-27-14-10-24(20-28(27)37-2)26-13-15-29(32-31-26)33-16-18-34(19-17-33)30(35)21-38-25-11-8-23(9-12-25)22-6-4-3-5-7-22/h3-15,20H,16-19,21H2,1-2H3. The second kappa shape index (κ2) is 11.6. The topological polar surface area (TPSA) is 77.0 Å². The molecule has 0 spiro atoms. The van der Waals surface area contributed by atoms with E-state index in [1.54, 1.807) is 14.2 Å². The number of benzene rings is 3. The molecule has 0 saturated carbocycles. The number of anilines is 1. The molecule has 1 aliphatic heterocycles. The highest BCUT2D eigenvalue weighted by Crippen LogP contribution is 2.31. The minimum Gasteiger partial charge on any atom is -0.493 e. The lowest BCUT2D eigenvalue weighted by Gasteiger charge is -2.35. The molecule has 5 rings (SSSR count). The predicted octanol–water partition coefficient (Wildman–Crippen LogP) is 4.56. The molecule has 0 aliphatic carbocycles. The van der Waals surface area contributed by atoms with E-state index in [-0.39, 0.29) is 12.5 Å². The normalized spacial score (nSPS) is 13.2. The lowest BCUT2D eigenvalue weighted by Crippen LogP contribution is -2.50. The van der Waals surface area contributed by atoms with E-state index < -0.39 is 0 Å². The van der Waals surface area contributed by atoms with Crippen molar-refractivity contribution < 1.29 is 19.0 Å². The molecular formula is C30H30N4O4. The molecule has 4 aromatic rings. The minimum atomic E-state index is -0.0216. The van der Waals surface area contributed by atoms with Crippen LogP contribution in [0.3, 0.4) is 0 Å². The van der Waals surface area contributed by atoms with Crippen molar-refractivity contribution >= 4 is 11.7 Å². The van der Waals surface area contributed by atoms with Crippen LogP contribution in [0, 0.1) is 0 Å². The highest BCUT2D eigenvalue weighted by Gasteiger charge is 2.22. The van der Waals surface area contributed by atoms with Crippen molar-refractivity contribution in [1.29, 1.82) is 0 Å². The Balaban J connectivity index is 1.12. The molecule has 0 unspecified atom stereocenters. The summed E-state index contributed by atoms with van der Waals surface area (Å²) < 4.78 is 16.5. The van der Waals surface area contributed by atoms with Gasteiger partial charge in [-0.2, -0.15) is 0 Å². The number of amides is 1. The lowest BCUT2D eigenvalue weighted by atomic mass is 10.1. The van der Waals surface area contributed by atoms with E-state index in [1.807, 2.05) is 77.7 Å². The summed E-state index contributed by atoms with van der Waals surface area (Å²) >= 11 is 0. The first-order valence-electron chi connectivity index (χ1n) is 12.5. The van der Waals surface area contributed by atoms with Crippen molar-refractivity contribution in [2.75, 3.05) is 51.9 Å². The third-order valence-electron chi connectivity index (χ3n) is 6.61. The number of ether oxygens (including phenoxy) is 3. The Morgan fingerprint density at radius 1 is 0.737 bits per heavy atom. The minimum absolute atomic E-state index is 0.0184. The largest absolute Gasteiger partial charge is 0.493 e. The maximum Gasteiger partial charge on any atom is 0.260 e. The molecule has 8 heteroatoms. The summed E-state index contributed by atoms with van der Waals surface area (Å²) in [5.74, 6) is 2.76. The fraction of sp³-hybridized carbons (Fsp3) is 0.233. The van der Waals surface area contributed by atoms with E-state index in [2.05, 4.69) is 27.2 Å². The number of rotatable bonds is 8. The van der Waals surface area contributed by atoms with Gasteiger partial charge in [0.1, 0.15) is 5.75 Å². The Bertz CT molecular complexity index is 1350. The number of piperazine rings is 1. The van der Waals surface area contributed by atoms with Gasteiger partial charge >= 0.3 is 0 Å². The van der Waals surface area contributed by atoms with Crippen LogP contribution < -0.4 is 19.1 Å². The van der Waals surface area contributed by atoms with E-state index in [0.29, 0.717) is 43.4 Å². The molecule has 38 heavy (non-hydrogen) atoms. The number of hydrogen-bond donors (Lipinski definition) is 0. The van der Waals surface area contributed by atoms with Gasteiger partial charge in [-0.05, 0) is 53.6 Å². The second-order valence-corrected chi connectivity index (χ2v) is 8.89. The van der Waals surface area contributed by atoms with Crippen LogP contribution in [-0.2, 0) is 4.79 Å². The number of aromatic nitrogens is 2. The third kappa shape index (κ3) is 5.70. The maximum absolute atomic E-state index is 12.7. The van der Waals surface area contributed by atoms with E-state index >= 15 is 0 Å². The Labute approximate surface area is 222 Å². The number of methoxy groups -OCH3 is 2. The molecule has 1 fully saturated rings. The number of carbonyl (C=O) groups excluding carboxylic acids is 1. The molecule has 2 heterocycles. The van der Waals surface area contributed by atoms with E-state index in [9.17, 15) is 4.79 Å². The molecule has 1 aliphatic rings. The quantitative estimate of drug-likeness (QED) is 0.344. The van der Waals surface area contributed by atoms with Crippen LogP contribution in [0.2, 0.25) is 0 Å². The van der Waals surface area contributed by atoms with Crippen molar-refractivity contribution in [2.24, 2.45) is 0 Å². The average molecular weight is 511 g/mol. The molecule has 0 atom stereocenters. The SMILES string of the molecule is COc1ccc(-c2ccc(N3CCN(C(=O)COc4ccc(-c5ccccc5)cc4)CC3)nn2)cc1OC. The first kappa shape index (κ1) is 25.1. The lowest BCUT2D eigenvalue weighted by molar-refractivity contribution is -0.133. The van der Waals surface area contributed by atoms with Gasteiger partial charge in [0, 0.05) is 31.7 Å². The van der Waals surface area contributed by atoms with Crippen LogP contribution in [0.5, 0.6) is 17.2 Å². The summed E-state index contributed by atoms with van der Waals surface area (Å²) in [5.41, 5.74) is 3.90. The molecular weight excluding hydrogens is 480 g/mol. The smallest absolute Gasteiger partial charge is 0.260 e. The van der Waals surface area contributed by atoms with Crippen LogP contribution in [0.25, 0.3) is 22.4 Å². The van der Waals surface area contributed by atoms with Crippen molar-refractivity contribution in [3.63, 3.8) is 0 Å². The monoisotopic (exact) mass is 510 g/mol. The molecule has 1 aromatic heterocycles. The Morgan fingerprint density at radius 2 is 1.42 bits per heavy atom. The molecule has 0 bridgehead atoms. The first-order valence-corrected chi connectivity index (χ1v) is 12.5. The zero-order chi connectivity index (χ0) is 26.3. The second-order valence-electron chi connectivity index (χ2n) is 8.89. The fourth-order valence-electron chi connectivity index (χ4n) is 4.44. The highest BCUT2D eigenvalue weighted by atomic mass is 16.5. The van der Waals surface area contributed by atoms with E-state index in [1.165, 1.54) is 0 Å². The highest BCUT2D eigenvalue weighted by molar-refractivity contribution is 5.78. The summed E-state index contributed by atoms with van der Waals surface area (Å²) in [6.07, 6.45) is 0. The van der Waals surface area contributed by atoms with Gasteiger partial charge in [0.25, 0.3) is 5.91 Å². The molecule has 0 radical (unpaired) electrons. The van der Waals surface area contributed by atoms with Crippen LogP contribution in [0.4, 0.5) is 5.82 Å². The van der Waals surface area contributed by atoms with Crippen molar-refractivity contribution in [3.05, 3.63) is 84.9 Å². The van der Waals surface area contributed by atoms with Gasteiger partial charge in [-0.1, -0.05) is 42.5 Å². The Morgan fingerprint density at radius 3 is 2.08 bits per heavy atom. The summed E-state index contributed by atoms with van der Waals surface area (Å²) in [4.78, 5) is 16.7. The van der Waals surface area contributed by atoms with Gasteiger partial charge in [0.2, 0.25) is 0 Å². The molecule has 8 nitrogen and oxygen atoms in total.